The Labute approximate surface area is 436 Å². The van der Waals surface area contributed by atoms with Gasteiger partial charge in [-0.2, -0.15) is 8.42 Å². The molecular formula is C45H84N4NaO12SSi5+. The van der Waals surface area contributed by atoms with Gasteiger partial charge in [-0.1, -0.05) is 96.4 Å². The molecule has 0 aliphatic heterocycles. The summed E-state index contributed by atoms with van der Waals surface area (Å²) in [5.41, 5.74) is 7.82. The van der Waals surface area contributed by atoms with Crippen LogP contribution in [0.3, 0.4) is 0 Å². The monoisotopic (exact) mass is 1070 g/mol. The molecule has 382 valence electrons. The van der Waals surface area contributed by atoms with Crippen LogP contribution in [-0.2, 0) is 41.9 Å². The van der Waals surface area contributed by atoms with Gasteiger partial charge in [-0.15, -0.1) is 0 Å². The van der Waals surface area contributed by atoms with E-state index >= 15 is 0 Å². The number of Topliss-reactive ketones (excluding diaryl/α,β-unsaturated/α-hetero) is 2. The van der Waals surface area contributed by atoms with Gasteiger partial charge >= 0.3 is 53.4 Å². The summed E-state index contributed by atoms with van der Waals surface area (Å²) in [5.74, 6) is -3.69. The Morgan fingerprint density at radius 3 is 1.84 bits per heavy atom. The Kier molecular flexibility index (Phi) is 31.6. The first-order chi connectivity index (χ1) is 30.1. The van der Waals surface area contributed by atoms with Gasteiger partial charge in [0.2, 0.25) is 0 Å². The number of benzene rings is 1. The minimum atomic E-state index is -4.75. The number of unbranched alkanes of at least 4 members (excludes halogenated alkanes) is 3. The maximum atomic E-state index is 13.5. The quantitative estimate of drug-likeness (QED) is 0.0332. The molecule has 2 aliphatic carbocycles. The number of allylic oxidation sites excluding steroid dienone is 3. The summed E-state index contributed by atoms with van der Waals surface area (Å²) >= 11 is 0. The number of carbonyl (C=O) groups excluding carboxylic acids is 4. The molecule has 0 heterocycles. The average Bonchev–Trinajstić information content (AvgIpc) is 3.17. The number of nitrogens with one attached hydrogen (secondary N) is 3. The van der Waals surface area contributed by atoms with E-state index in [2.05, 4.69) is 61.8 Å². The van der Waals surface area contributed by atoms with E-state index in [-0.39, 0.29) is 90.6 Å². The molecule has 0 bridgehead atoms. The maximum Gasteiger partial charge on any atom is 1.00 e. The van der Waals surface area contributed by atoms with Gasteiger partial charge in [0, 0.05) is 58.3 Å². The van der Waals surface area contributed by atoms with Gasteiger partial charge in [-0.25, -0.2) is 0 Å². The van der Waals surface area contributed by atoms with E-state index in [0.717, 1.165) is 44.8 Å². The molecule has 16 nitrogen and oxygen atoms in total. The zero-order valence-electron chi connectivity index (χ0n) is 41.4. The Bertz CT molecular complexity index is 2010. The number of ether oxygens (including phenoxy) is 1. The number of esters is 1. The SMILES string of the molecule is C.C.CC(CNCCC[Si](C)(C)C[Si](C)(C)CCCNCCC(=O)O[Si](C)(C)O[Si](C)(C)C)C(=O)OCCCCCCNC1=CC(S(=O)(=O)O)=C(N)C2C(=O)c3ccccc3C(=O)C12.O=[Si]=O.[Na+]. The second-order valence-corrected chi connectivity index (χ2v) is 40.8. The van der Waals surface area contributed by atoms with Crippen LogP contribution in [0.5, 0.6) is 0 Å². The predicted octanol–water partition coefficient (Wildman–Crippen LogP) is 4.64. The van der Waals surface area contributed by atoms with Crippen molar-refractivity contribution in [2.24, 2.45) is 23.5 Å². The van der Waals surface area contributed by atoms with E-state index in [1.807, 2.05) is 20.0 Å². The second kappa shape index (κ2) is 31.5. The first-order valence-electron chi connectivity index (χ1n) is 22.7. The molecule has 3 atom stereocenters. The Morgan fingerprint density at radius 1 is 0.794 bits per heavy atom. The van der Waals surface area contributed by atoms with E-state index in [4.69, 9.17) is 27.9 Å². The minimum absolute atomic E-state index is 0. The van der Waals surface area contributed by atoms with Crippen molar-refractivity contribution in [2.75, 3.05) is 39.3 Å². The third kappa shape index (κ3) is 24.5. The van der Waals surface area contributed by atoms with Crippen molar-refractivity contribution in [3.8, 4) is 0 Å². The number of carbonyl (C=O) groups is 4. The van der Waals surface area contributed by atoms with Crippen molar-refractivity contribution < 1.29 is 83.9 Å². The fourth-order valence-corrected chi connectivity index (χ4v) is 30.3. The van der Waals surface area contributed by atoms with Crippen molar-refractivity contribution in [3.63, 3.8) is 0 Å². The number of ketones is 2. The molecule has 0 radical (unpaired) electrons. The van der Waals surface area contributed by atoms with Crippen LogP contribution < -0.4 is 51.2 Å². The molecule has 0 spiro atoms. The van der Waals surface area contributed by atoms with Gasteiger partial charge in [0.1, 0.15) is 4.91 Å². The van der Waals surface area contributed by atoms with Crippen molar-refractivity contribution >= 4 is 75.9 Å². The molecule has 0 fully saturated rings. The van der Waals surface area contributed by atoms with Crippen LogP contribution in [0.2, 0.25) is 76.7 Å². The summed E-state index contributed by atoms with van der Waals surface area (Å²) in [6.07, 6.45) is 6.68. The van der Waals surface area contributed by atoms with Gasteiger partial charge in [0.25, 0.3) is 16.1 Å². The predicted molar refractivity (Wildman–Crippen MR) is 277 cm³/mol. The molecule has 3 rings (SSSR count). The fourth-order valence-electron chi connectivity index (χ4n) is 8.83. The molecule has 0 saturated carbocycles. The summed E-state index contributed by atoms with van der Waals surface area (Å²) < 4.78 is 68.3. The summed E-state index contributed by atoms with van der Waals surface area (Å²) in [4.78, 5) is 51.3. The summed E-state index contributed by atoms with van der Waals surface area (Å²) in [6, 6.07) is 8.89. The zero-order valence-corrected chi connectivity index (χ0v) is 49.2. The van der Waals surface area contributed by atoms with Crippen LogP contribution in [0.25, 0.3) is 0 Å². The zero-order chi connectivity index (χ0) is 49.2. The molecule has 68 heavy (non-hydrogen) atoms. The largest absolute Gasteiger partial charge is 1.00 e. The summed E-state index contributed by atoms with van der Waals surface area (Å²) in [7, 11) is -13.1. The van der Waals surface area contributed by atoms with Crippen molar-refractivity contribution in [3.05, 3.63) is 57.8 Å². The summed E-state index contributed by atoms with van der Waals surface area (Å²) in [6.45, 7) is 25.8. The first kappa shape index (κ1) is 68.1. The number of hydrogen-bond acceptors (Lipinski definition) is 15. The number of rotatable bonds is 28. The Balaban J connectivity index is 0. The normalized spacial score (nSPS) is 16.4. The number of nitrogens with two attached hydrogens (primary N) is 1. The summed E-state index contributed by atoms with van der Waals surface area (Å²) in [5, 5.41) is 10.0. The third-order valence-electron chi connectivity index (χ3n) is 11.2. The van der Waals surface area contributed by atoms with E-state index in [0.29, 0.717) is 45.5 Å². The second-order valence-electron chi connectivity index (χ2n) is 20.1. The van der Waals surface area contributed by atoms with Gasteiger partial charge in [0.15, 0.2) is 19.9 Å². The molecule has 2 aliphatic rings. The topological polar surface area (TPSA) is 247 Å². The van der Waals surface area contributed by atoms with Gasteiger partial charge < -0.3 is 35.0 Å². The third-order valence-corrected chi connectivity index (χ3v) is 28.3. The van der Waals surface area contributed by atoms with Crippen LogP contribution in [-0.4, -0.2) is 118 Å². The molecule has 6 N–H and O–H groups in total. The Morgan fingerprint density at radius 2 is 1.31 bits per heavy atom. The molecule has 0 amide bonds. The van der Waals surface area contributed by atoms with E-state index in [1.165, 1.54) is 23.8 Å². The van der Waals surface area contributed by atoms with Crippen LogP contribution in [0.15, 0.2) is 46.6 Å². The van der Waals surface area contributed by atoms with E-state index < -0.39 is 75.0 Å². The minimum Gasteiger partial charge on any atom is -0.495 e. The molecule has 0 aromatic heterocycles. The van der Waals surface area contributed by atoms with E-state index in [9.17, 15) is 32.1 Å². The molecule has 3 unspecified atom stereocenters. The van der Waals surface area contributed by atoms with Crippen LogP contribution in [0, 0.1) is 17.8 Å². The van der Waals surface area contributed by atoms with Gasteiger partial charge in [-0.05, 0) is 84.0 Å². The molecule has 23 heteroatoms. The van der Waals surface area contributed by atoms with Gasteiger partial charge in [0.05, 0.1) is 30.8 Å². The van der Waals surface area contributed by atoms with Crippen molar-refractivity contribution in [1.29, 1.82) is 0 Å². The standard InChI is InChI=1S/C43H76N4O10SSi4.2CH4.Na.O2Si/c1-32(30-46-23-18-28-61(7,8)31-60(5,6)27-17-22-45-25-21-37(48)56-62(9,10)57-59(2,3)4)43(51)55-26-16-12-11-15-24-47-35-29-36(58(52,53)54)40(44)39-38(35)41(49)33-19-13-14-20-34(33)42(39)50;;;;1-3-2/h13-14,19-20,29,32,38-39,45-47H,11-12,15-18,21-28,30-31,44H2,1-10H3,(H,52,53,54);2*1H4;;/q;;;+1;. The van der Waals surface area contributed by atoms with Crippen molar-refractivity contribution in [1.82, 2.24) is 16.0 Å². The van der Waals surface area contributed by atoms with Crippen LogP contribution >= 0.6 is 0 Å². The maximum absolute atomic E-state index is 13.5. The molecule has 1 aromatic carbocycles. The van der Waals surface area contributed by atoms with Crippen molar-refractivity contribution in [2.45, 2.75) is 143 Å². The smallest absolute Gasteiger partial charge is 0.495 e. The molecular weight excluding hydrogens is 984 g/mol. The molecule has 0 saturated heterocycles. The number of fused-ring (bicyclic) bond motifs is 2. The average molecular weight is 1070 g/mol. The molecule has 1 aromatic rings. The number of hydrogen-bond donors (Lipinski definition) is 5. The first-order valence-corrected chi connectivity index (χ1v) is 38.1. The Hall–Kier alpha value is -1.95. The van der Waals surface area contributed by atoms with E-state index in [1.54, 1.807) is 18.2 Å². The fraction of sp³-hybridized carbons (Fsp3) is 0.689. The van der Waals surface area contributed by atoms with Gasteiger partial charge in [-0.3, -0.25) is 32.7 Å². The van der Waals surface area contributed by atoms with Crippen LogP contribution in [0.4, 0.5) is 0 Å². The van der Waals surface area contributed by atoms with Crippen LogP contribution in [0.1, 0.15) is 87.4 Å².